The van der Waals surface area contributed by atoms with Gasteiger partial charge in [-0.05, 0) is 39.5 Å². The van der Waals surface area contributed by atoms with Crippen LogP contribution in [0.5, 0.6) is 0 Å². The molecule has 2 unspecified atom stereocenters. The summed E-state index contributed by atoms with van der Waals surface area (Å²) in [6.45, 7) is 6.34. The Morgan fingerprint density at radius 2 is 2.00 bits per heavy atom. The van der Waals surface area contributed by atoms with Crippen LogP contribution in [0.15, 0.2) is 0 Å². The average Bonchev–Trinajstić information content (AvgIpc) is 2.14. The zero-order chi connectivity index (χ0) is 12.2. The van der Waals surface area contributed by atoms with Gasteiger partial charge in [0.2, 0.25) is 0 Å². The molecule has 0 bridgehead atoms. The van der Waals surface area contributed by atoms with Crippen molar-refractivity contribution in [2.24, 2.45) is 5.92 Å². The minimum Gasteiger partial charge on any atom is -0.444 e. The van der Waals surface area contributed by atoms with Crippen LogP contribution >= 0.6 is 15.9 Å². The largest absolute Gasteiger partial charge is 0.444 e. The predicted molar refractivity (Wildman–Crippen MR) is 68.9 cm³/mol. The van der Waals surface area contributed by atoms with Crippen LogP contribution < -0.4 is 5.32 Å². The number of carbonyl (C=O) groups excluding carboxylic acids is 1. The fourth-order valence-electron chi connectivity index (χ4n) is 1.92. The second-order valence-corrected chi connectivity index (χ2v) is 6.62. The van der Waals surface area contributed by atoms with Crippen molar-refractivity contribution in [1.29, 1.82) is 0 Å². The van der Waals surface area contributed by atoms with Crippen LogP contribution in [-0.2, 0) is 4.74 Å². The van der Waals surface area contributed by atoms with Crippen molar-refractivity contribution in [2.75, 3.05) is 6.54 Å². The lowest BCUT2D eigenvalue weighted by atomic mass is 9.89. The van der Waals surface area contributed by atoms with Crippen LogP contribution in [0.2, 0.25) is 0 Å². The van der Waals surface area contributed by atoms with Gasteiger partial charge in [0.15, 0.2) is 0 Å². The number of rotatable bonds is 2. The molecule has 4 heteroatoms. The van der Waals surface area contributed by atoms with Gasteiger partial charge in [0.05, 0.1) is 0 Å². The molecule has 1 aliphatic carbocycles. The fraction of sp³-hybridized carbons (Fsp3) is 0.917. The third kappa shape index (κ3) is 5.19. The molecule has 0 aliphatic heterocycles. The Labute approximate surface area is 106 Å². The molecule has 1 N–H and O–H groups in total. The van der Waals surface area contributed by atoms with Crippen molar-refractivity contribution in [3.05, 3.63) is 0 Å². The SMILES string of the molecule is CC(C)(C)OC(=O)NCC1CCCCC1Br. The minimum atomic E-state index is -0.412. The monoisotopic (exact) mass is 291 g/mol. The van der Waals surface area contributed by atoms with Gasteiger partial charge < -0.3 is 10.1 Å². The van der Waals surface area contributed by atoms with E-state index in [-0.39, 0.29) is 6.09 Å². The van der Waals surface area contributed by atoms with Gasteiger partial charge in [-0.3, -0.25) is 0 Å². The van der Waals surface area contributed by atoms with E-state index in [1.165, 1.54) is 25.7 Å². The normalized spacial score (nSPS) is 26.2. The Balaban J connectivity index is 2.25. The predicted octanol–water partition coefficient (Wildman–Crippen LogP) is 3.46. The van der Waals surface area contributed by atoms with Crippen LogP contribution in [0.4, 0.5) is 4.79 Å². The highest BCUT2D eigenvalue weighted by molar-refractivity contribution is 9.09. The van der Waals surface area contributed by atoms with Crippen LogP contribution in [0.3, 0.4) is 0 Å². The van der Waals surface area contributed by atoms with Gasteiger partial charge in [0.25, 0.3) is 0 Å². The second kappa shape index (κ2) is 5.89. The molecule has 0 spiro atoms. The van der Waals surface area contributed by atoms with E-state index in [9.17, 15) is 4.79 Å². The van der Waals surface area contributed by atoms with Gasteiger partial charge in [-0.15, -0.1) is 0 Å². The average molecular weight is 292 g/mol. The summed E-state index contributed by atoms with van der Waals surface area (Å²) in [7, 11) is 0. The summed E-state index contributed by atoms with van der Waals surface area (Å²) in [6, 6.07) is 0. The molecular weight excluding hydrogens is 270 g/mol. The number of alkyl carbamates (subject to hydrolysis) is 1. The lowest BCUT2D eigenvalue weighted by Gasteiger charge is -2.28. The molecule has 0 radical (unpaired) electrons. The number of alkyl halides is 1. The fourth-order valence-corrected chi connectivity index (χ4v) is 2.70. The summed E-state index contributed by atoms with van der Waals surface area (Å²) in [5.41, 5.74) is -0.412. The van der Waals surface area contributed by atoms with Crippen LogP contribution in [0.1, 0.15) is 46.5 Å². The first-order chi connectivity index (χ1) is 7.38. The molecule has 1 saturated carbocycles. The summed E-state index contributed by atoms with van der Waals surface area (Å²) >= 11 is 3.67. The van der Waals surface area contributed by atoms with Crippen molar-refractivity contribution in [3.63, 3.8) is 0 Å². The molecule has 0 heterocycles. The summed E-state index contributed by atoms with van der Waals surface area (Å²) in [5, 5.41) is 2.85. The summed E-state index contributed by atoms with van der Waals surface area (Å²) in [5.74, 6) is 0.543. The van der Waals surface area contributed by atoms with Crippen molar-refractivity contribution in [2.45, 2.75) is 56.9 Å². The first-order valence-corrected chi connectivity index (χ1v) is 6.91. The number of nitrogens with one attached hydrogen (secondary N) is 1. The van der Waals surface area contributed by atoms with E-state index < -0.39 is 5.60 Å². The van der Waals surface area contributed by atoms with Crippen molar-refractivity contribution >= 4 is 22.0 Å². The maximum Gasteiger partial charge on any atom is 0.407 e. The molecule has 1 rings (SSSR count). The topological polar surface area (TPSA) is 38.3 Å². The number of hydrogen-bond acceptors (Lipinski definition) is 2. The first-order valence-electron chi connectivity index (χ1n) is 5.99. The third-order valence-electron chi connectivity index (χ3n) is 2.72. The maximum absolute atomic E-state index is 11.5. The molecule has 0 aromatic rings. The summed E-state index contributed by atoms with van der Waals surface area (Å²) in [4.78, 5) is 12.0. The van der Waals surface area contributed by atoms with E-state index in [0.717, 1.165) is 0 Å². The second-order valence-electron chi connectivity index (χ2n) is 5.44. The van der Waals surface area contributed by atoms with Gasteiger partial charge in [-0.1, -0.05) is 28.8 Å². The highest BCUT2D eigenvalue weighted by Gasteiger charge is 2.24. The summed E-state index contributed by atoms with van der Waals surface area (Å²) in [6.07, 6.45) is 4.64. The van der Waals surface area contributed by atoms with Crippen LogP contribution in [-0.4, -0.2) is 23.1 Å². The number of ether oxygens (including phenoxy) is 1. The lowest BCUT2D eigenvalue weighted by Crippen LogP contribution is -2.38. The maximum atomic E-state index is 11.5. The zero-order valence-corrected chi connectivity index (χ0v) is 12.0. The molecule has 1 aliphatic rings. The standard InChI is InChI=1S/C12H22BrNO2/c1-12(2,3)16-11(15)14-8-9-6-4-5-7-10(9)13/h9-10H,4-8H2,1-3H3,(H,14,15). The molecule has 1 fully saturated rings. The first kappa shape index (κ1) is 13.8. The molecule has 0 aromatic carbocycles. The number of halogens is 1. The van der Waals surface area contributed by atoms with Gasteiger partial charge in [0.1, 0.15) is 5.60 Å². The van der Waals surface area contributed by atoms with Crippen LogP contribution in [0.25, 0.3) is 0 Å². The molecular formula is C12H22BrNO2. The highest BCUT2D eigenvalue weighted by atomic mass is 79.9. The number of hydrogen-bond donors (Lipinski definition) is 1. The Morgan fingerprint density at radius 3 is 2.56 bits per heavy atom. The van der Waals surface area contributed by atoms with Gasteiger partial charge in [-0.2, -0.15) is 0 Å². The van der Waals surface area contributed by atoms with Crippen molar-refractivity contribution in [1.82, 2.24) is 5.32 Å². The van der Waals surface area contributed by atoms with E-state index in [1.807, 2.05) is 20.8 Å². The lowest BCUT2D eigenvalue weighted by molar-refractivity contribution is 0.0516. The Kier molecular flexibility index (Phi) is 5.09. The van der Waals surface area contributed by atoms with E-state index in [1.54, 1.807) is 0 Å². The molecule has 94 valence electrons. The highest BCUT2D eigenvalue weighted by Crippen LogP contribution is 2.29. The Morgan fingerprint density at radius 1 is 1.38 bits per heavy atom. The van der Waals surface area contributed by atoms with E-state index >= 15 is 0 Å². The Hall–Kier alpha value is -0.250. The zero-order valence-electron chi connectivity index (χ0n) is 10.4. The quantitative estimate of drug-likeness (QED) is 0.791. The number of carbonyl (C=O) groups is 1. The van der Waals surface area contributed by atoms with Gasteiger partial charge >= 0.3 is 6.09 Å². The molecule has 1 amide bonds. The molecule has 0 saturated heterocycles. The smallest absolute Gasteiger partial charge is 0.407 e. The van der Waals surface area contributed by atoms with Crippen molar-refractivity contribution < 1.29 is 9.53 Å². The molecule has 2 atom stereocenters. The molecule has 0 aromatic heterocycles. The molecule has 3 nitrogen and oxygen atoms in total. The Bertz CT molecular complexity index is 238. The molecule has 16 heavy (non-hydrogen) atoms. The van der Waals surface area contributed by atoms with Gasteiger partial charge in [0, 0.05) is 11.4 Å². The van der Waals surface area contributed by atoms with E-state index in [0.29, 0.717) is 17.3 Å². The summed E-state index contributed by atoms with van der Waals surface area (Å²) < 4.78 is 5.20. The van der Waals surface area contributed by atoms with Gasteiger partial charge in [-0.25, -0.2) is 4.79 Å². The third-order valence-corrected chi connectivity index (χ3v) is 3.93. The van der Waals surface area contributed by atoms with E-state index in [2.05, 4.69) is 21.2 Å². The van der Waals surface area contributed by atoms with Crippen LogP contribution in [0, 0.1) is 5.92 Å². The van der Waals surface area contributed by atoms with Crippen molar-refractivity contribution in [3.8, 4) is 0 Å². The minimum absolute atomic E-state index is 0.308. The number of amides is 1. The van der Waals surface area contributed by atoms with E-state index in [4.69, 9.17) is 4.74 Å².